The van der Waals surface area contributed by atoms with Gasteiger partial charge in [0.1, 0.15) is 11.2 Å². The molecule has 0 radical (unpaired) electrons. The van der Waals surface area contributed by atoms with Crippen LogP contribution in [0.2, 0.25) is 0 Å². The molecule has 1 aliphatic heterocycles. The average Bonchev–Trinajstić information content (AvgIpc) is 2.53. The summed E-state index contributed by atoms with van der Waals surface area (Å²) in [5.74, 6) is -1.05. The fraction of sp³-hybridized carbons (Fsp3) is 0.333. The molecule has 0 spiro atoms. The van der Waals surface area contributed by atoms with E-state index < -0.39 is 5.97 Å². The first-order valence-corrected chi connectivity index (χ1v) is 4.11. The molecule has 0 bridgehead atoms. The summed E-state index contributed by atoms with van der Waals surface area (Å²) in [6, 6.07) is 0.374. The predicted molar refractivity (Wildman–Crippen MR) is 42.4 cm³/mol. The predicted octanol–water partition coefficient (Wildman–Crippen LogP) is 0.736. The van der Waals surface area contributed by atoms with E-state index in [4.69, 9.17) is 9.84 Å². The molecular formula is C6H5BrN2O3. The van der Waals surface area contributed by atoms with Gasteiger partial charge in [0.2, 0.25) is 0 Å². The van der Waals surface area contributed by atoms with Crippen molar-refractivity contribution in [1.29, 1.82) is 0 Å². The lowest BCUT2D eigenvalue weighted by molar-refractivity contribution is 0.0689. The molecule has 1 aromatic rings. The lowest BCUT2D eigenvalue weighted by Gasteiger charge is -1.92. The second kappa shape index (κ2) is 2.48. The highest BCUT2D eigenvalue weighted by molar-refractivity contribution is 9.10. The van der Waals surface area contributed by atoms with E-state index >= 15 is 0 Å². The molecule has 0 fully saturated rings. The number of carboxylic acids is 1. The molecule has 2 heterocycles. The van der Waals surface area contributed by atoms with Gasteiger partial charge in [-0.3, -0.25) is 4.57 Å². The Morgan fingerprint density at radius 1 is 1.75 bits per heavy atom. The number of aromatic carboxylic acids is 1. The van der Waals surface area contributed by atoms with Crippen LogP contribution >= 0.6 is 15.9 Å². The van der Waals surface area contributed by atoms with Crippen molar-refractivity contribution in [3.8, 4) is 6.01 Å². The maximum atomic E-state index is 10.6. The Balaban J connectivity index is 2.54. The Morgan fingerprint density at radius 3 is 3.08 bits per heavy atom. The molecule has 6 heteroatoms. The Kier molecular flexibility index (Phi) is 1.57. The van der Waals surface area contributed by atoms with E-state index in [1.54, 1.807) is 4.57 Å². The molecule has 1 N–H and O–H groups in total. The topological polar surface area (TPSA) is 64.3 Å². The maximum absolute atomic E-state index is 10.6. The first-order chi connectivity index (χ1) is 5.70. The largest absolute Gasteiger partial charge is 0.476 e. The van der Waals surface area contributed by atoms with Crippen molar-refractivity contribution >= 4 is 21.9 Å². The SMILES string of the molecule is O=C(O)c1nc2n(c1Br)CCO2. The first-order valence-electron chi connectivity index (χ1n) is 3.32. The Labute approximate surface area is 76.1 Å². The molecule has 0 saturated heterocycles. The number of imidazole rings is 1. The highest BCUT2D eigenvalue weighted by Crippen LogP contribution is 2.26. The minimum Gasteiger partial charge on any atom is -0.476 e. The van der Waals surface area contributed by atoms with Gasteiger partial charge in [-0.1, -0.05) is 0 Å². The number of ether oxygens (including phenoxy) is 1. The molecule has 0 atom stereocenters. The zero-order chi connectivity index (χ0) is 8.72. The van der Waals surface area contributed by atoms with Crippen molar-refractivity contribution in [1.82, 2.24) is 9.55 Å². The van der Waals surface area contributed by atoms with Gasteiger partial charge >= 0.3 is 5.97 Å². The van der Waals surface area contributed by atoms with Gasteiger partial charge < -0.3 is 9.84 Å². The zero-order valence-corrected chi connectivity index (χ0v) is 7.54. The number of nitrogens with zero attached hydrogens (tertiary/aromatic N) is 2. The molecular weight excluding hydrogens is 228 g/mol. The van der Waals surface area contributed by atoms with Crippen LogP contribution in [-0.4, -0.2) is 27.2 Å². The summed E-state index contributed by atoms with van der Waals surface area (Å²) in [6.07, 6.45) is 0. The van der Waals surface area contributed by atoms with Crippen molar-refractivity contribution < 1.29 is 14.6 Å². The summed E-state index contributed by atoms with van der Waals surface area (Å²) in [4.78, 5) is 14.4. The summed E-state index contributed by atoms with van der Waals surface area (Å²) < 4.78 is 7.23. The summed E-state index contributed by atoms with van der Waals surface area (Å²) in [7, 11) is 0. The summed E-state index contributed by atoms with van der Waals surface area (Å²) in [6.45, 7) is 1.21. The summed E-state index contributed by atoms with van der Waals surface area (Å²) >= 11 is 3.14. The third-order valence-corrected chi connectivity index (χ3v) is 2.42. The van der Waals surface area contributed by atoms with E-state index in [1.807, 2.05) is 0 Å². The molecule has 5 nitrogen and oxygen atoms in total. The molecule has 2 rings (SSSR count). The second-order valence-corrected chi connectivity index (χ2v) is 3.09. The van der Waals surface area contributed by atoms with Crippen LogP contribution in [0.3, 0.4) is 0 Å². The highest BCUT2D eigenvalue weighted by atomic mass is 79.9. The minimum absolute atomic E-state index is 0.00435. The fourth-order valence-corrected chi connectivity index (χ4v) is 1.67. The summed E-state index contributed by atoms with van der Waals surface area (Å²) in [5, 5.41) is 8.66. The van der Waals surface area contributed by atoms with Crippen LogP contribution in [0.4, 0.5) is 0 Å². The number of hydrogen-bond donors (Lipinski definition) is 1. The van der Waals surface area contributed by atoms with Crippen LogP contribution in [0.15, 0.2) is 4.60 Å². The normalized spacial score (nSPS) is 14.1. The first kappa shape index (κ1) is 7.60. The number of rotatable bonds is 1. The molecule has 64 valence electrons. The molecule has 1 aliphatic rings. The van der Waals surface area contributed by atoms with E-state index in [9.17, 15) is 4.79 Å². The van der Waals surface area contributed by atoms with Gasteiger partial charge in [-0.25, -0.2) is 4.79 Å². The smallest absolute Gasteiger partial charge is 0.357 e. The second-order valence-electron chi connectivity index (χ2n) is 2.34. The Morgan fingerprint density at radius 2 is 2.50 bits per heavy atom. The van der Waals surface area contributed by atoms with Crippen molar-refractivity contribution in [3.63, 3.8) is 0 Å². The van der Waals surface area contributed by atoms with Crippen LogP contribution in [-0.2, 0) is 6.54 Å². The quantitative estimate of drug-likeness (QED) is 0.776. The zero-order valence-electron chi connectivity index (χ0n) is 5.95. The van der Waals surface area contributed by atoms with E-state index in [-0.39, 0.29) is 5.69 Å². The van der Waals surface area contributed by atoms with Crippen LogP contribution in [0.1, 0.15) is 10.5 Å². The van der Waals surface area contributed by atoms with Gasteiger partial charge in [-0.15, -0.1) is 0 Å². The van der Waals surface area contributed by atoms with Crippen LogP contribution in [0, 0.1) is 0 Å². The van der Waals surface area contributed by atoms with Crippen LogP contribution in [0.5, 0.6) is 6.01 Å². The molecule has 0 amide bonds. The van der Waals surface area contributed by atoms with E-state index in [0.717, 1.165) is 0 Å². The maximum Gasteiger partial charge on any atom is 0.357 e. The number of halogens is 1. The number of aromatic nitrogens is 2. The lowest BCUT2D eigenvalue weighted by atomic mass is 10.5. The fourth-order valence-electron chi connectivity index (χ4n) is 1.08. The van der Waals surface area contributed by atoms with Crippen molar-refractivity contribution in [3.05, 3.63) is 10.3 Å². The monoisotopic (exact) mass is 232 g/mol. The van der Waals surface area contributed by atoms with E-state index in [1.165, 1.54) is 0 Å². The molecule has 0 aliphatic carbocycles. The minimum atomic E-state index is -1.05. The highest BCUT2D eigenvalue weighted by Gasteiger charge is 2.24. The molecule has 0 saturated carbocycles. The van der Waals surface area contributed by atoms with Crippen molar-refractivity contribution in [2.45, 2.75) is 6.54 Å². The number of carbonyl (C=O) groups is 1. The van der Waals surface area contributed by atoms with Gasteiger partial charge in [-0.2, -0.15) is 4.98 Å². The Bertz CT molecular complexity index is 347. The third kappa shape index (κ3) is 0.911. The van der Waals surface area contributed by atoms with Gasteiger partial charge in [0, 0.05) is 0 Å². The lowest BCUT2D eigenvalue weighted by Crippen LogP contribution is -2.01. The van der Waals surface area contributed by atoms with Crippen LogP contribution < -0.4 is 4.74 Å². The van der Waals surface area contributed by atoms with Gasteiger partial charge in [0.15, 0.2) is 5.69 Å². The van der Waals surface area contributed by atoms with Gasteiger partial charge in [-0.05, 0) is 15.9 Å². The number of carboxylic acid groups (broad SMARTS) is 1. The molecule has 0 unspecified atom stereocenters. The standard InChI is InChI=1S/C6H5BrN2O3/c7-4-3(5(10)11)8-6-9(4)1-2-12-6/h1-2H2,(H,10,11). The summed E-state index contributed by atoms with van der Waals surface area (Å²) in [5.41, 5.74) is 0.00435. The third-order valence-electron chi connectivity index (χ3n) is 1.62. The molecule has 1 aromatic heterocycles. The van der Waals surface area contributed by atoms with E-state index in [0.29, 0.717) is 23.8 Å². The van der Waals surface area contributed by atoms with Crippen LogP contribution in [0.25, 0.3) is 0 Å². The van der Waals surface area contributed by atoms with Crippen molar-refractivity contribution in [2.75, 3.05) is 6.61 Å². The number of fused-ring (bicyclic) bond motifs is 1. The Hall–Kier alpha value is -1.04. The van der Waals surface area contributed by atoms with Crippen molar-refractivity contribution in [2.24, 2.45) is 0 Å². The molecule has 12 heavy (non-hydrogen) atoms. The van der Waals surface area contributed by atoms with Gasteiger partial charge in [0.05, 0.1) is 6.54 Å². The number of hydrogen-bond acceptors (Lipinski definition) is 3. The molecule has 0 aromatic carbocycles. The average molecular weight is 233 g/mol. The van der Waals surface area contributed by atoms with Gasteiger partial charge in [0.25, 0.3) is 6.01 Å². The van der Waals surface area contributed by atoms with E-state index in [2.05, 4.69) is 20.9 Å².